The Kier molecular flexibility index (Phi) is 4.67. The van der Waals surface area contributed by atoms with Gasteiger partial charge in [-0.05, 0) is 18.1 Å². The minimum absolute atomic E-state index is 0.0347. The molecule has 4 rings (SSSR count). The van der Waals surface area contributed by atoms with Crippen LogP contribution in [0.4, 0.5) is 0 Å². The second-order valence-electron chi connectivity index (χ2n) is 6.52. The number of amides is 1. The van der Waals surface area contributed by atoms with Gasteiger partial charge in [0.1, 0.15) is 5.69 Å². The molecule has 0 aromatic carbocycles. The standard InChI is InChI=1S/C18H21N5O2/c24-18(17-10-20-4-5-21-17)23-7-6-22-12-16(8-15(22)11-23)25-13-14-2-1-3-19-9-14/h1-5,9-10,15-16H,6-8,11-13H2/t15-,16+/m0/s1. The molecular formula is C18H21N5O2. The van der Waals surface area contributed by atoms with Crippen LogP contribution in [0.25, 0.3) is 0 Å². The van der Waals surface area contributed by atoms with E-state index >= 15 is 0 Å². The van der Waals surface area contributed by atoms with Gasteiger partial charge in [-0.1, -0.05) is 6.07 Å². The van der Waals surface area contributed by atoms with E-state index < -0.39 is 0 Å². The average molecular weight is 339 g/mol. The van der Waals surface area contributed by atoms with Crippen LogP contribution in [0.15, 0.2) is 43.1 Å². The molecule has 2 fully saturated rings. The van der Waals surface area contributed by atoms with Crippen molar-refractivity contribution in [2.45, 2.75) is 25.2 Å². The van der Waals surface area contributed by atoms with Crippen molar-refractivity contribution in [3.05, 3.63) is 54.4 Å². The predicted octanol–water partition coefficient (Wildman–Crippen LogP) is 0.987. The maximum Gasteiger partial charge on any atom is 0.274 e. The van der Waals surface area contributed by atoms with Gasteiger partial charge in [0.25, 0.3) is 5.91 Å². The summed E-state index contributed by atoms with van der Waals surface area (Å²) in [4.78, 5) is 29.1. The summed E-state index contributed by atoms with van der Waals surface area (Å²) in [5.74, 6) is -0.0347. The fourth-order valence-corrected chi connectivity index (χ4v) is 3.57. The molecule has 2 aliphatic rings. The molecule has 4 heterocycles. The lowest BCUT2D eigenvalue weighted by molar-refractivity contribution is 0.0449. The number of carbonyl (C=O) groups excluding carboxylic acids is 1. The third-order valence-electron chi connectivity index (χ3n) is 4.86. The molecule has 0 aliphatic carbocycles. The summed E-state index contributed by atoms with van der Waals surface area (Å²) >= 11 is 0. The lowest BCUT2D eigenvalue weighted by Gasteiger charge is -2.37. The molecule has 0 bridgehead atoms. The maximum absolute atomic E-state index is 12.5. The molecule has 0 unspecified atom stereocenters. The Hall–Kier alpha value is -2.38. The molecule has 7 nitrogen and oxygen atoms in total. The van der Waals surface area contributed by atoms with Crippen molar-refractivity contribution >= 4 is 5.91 Å². The van der Waals surface area contributed by atoms with Gasteiger partial charge in [-0.25, -0.2) is 4.98 Å². The summed E-state index contributed by atoms with van der Waals surface area (Å²) < 4.78 is 6.05. The summed E-state index contributed by atoms with van der Waals surface area (Å²) in [6, 6.07) is 4.30. The molecule has 2 aromatic heterocycles. The Morgan fingerprint density at radius 2 is 2.08 bits per heavy atom. The first-order valence-electron chi connectivity index (χ1n) is 8.59. The highest BCUT2D eigenvalue weighted by Gasteiger charge is 2.38. The van der Waals surface area contributed by atoms with Crippen LogP contribution in [-0.4, -0.2) is 69.0 Å². The minimum atomic E-state index is -0.0347. The fourth-order valence-electron chi connectivity index (χ4n) is 3.57. The second kappa shape index (κ2) is 7.25. The minimum Gasteiger partial charge on any atom is -0.372 e. The van der Waals surface area contributed by atoms with Gasteiger partial charge in [0.15, 0.2) is 0 Å². The lowest BCUT2D eigenvalue weighted by atomic mass is 10.1. The van der Waals surface area contributed by atoms with Crippen molar-refractivity contribution in [3.63, 3.8) is 0 Å². The third-order valence-corrected chi connectivity index (χ3v) is 4.86. The molecule has 2 aliphatic heterocycles. The van der Waals surface area contributed by atoms with Crippen LogP contribution in [0.1, 0.15) is 22.5 Å². The number of piperazine rings is 1. The third kappa shape index (κ3) is 3.67. The number of ether oxygens (including phenoxy) is 1. The van der Waals surface area contributed by atoms with E-state index in [1.165, 1.54) is 6.20 Å². The van der Waals surface area contributed by atoms with E-state index in [1.807, 2.05) is 23.2 Å². The molecule has 2 saturated heterocycles. The Morgan fingerprint density at radius 1 is 1.16 bits per heavy atom. The fraction of sp³-hybridized carbons (Fsp3) is 0.444. The number of aromatic nitrogens is 3. The van der Waals surface area contributed by atoms with Crippen molar-refractivity contribution in [3.8, 4) is 0 Å². The van der Waals surface area contributed by atoms with E-state index in [4.69, 9.17) is 4.74 Å². The molecular weight excluding hydrogens is 318 g/mol. The van der Waals surface area contributed by atoms with Crippen molar-refractivity contribution in [1.29, 1.82) is 0 Å². The molecule has 1 amide bonds. The second-order valence-corrected chi connectivity index (χ2v) is 6.52. The molecule has 0 saturated carbocycles. The largest absolute Gasteiger partial charge is 0.372 e. The topological polar surface area (TPSA) is 71.5 Å². The summed E-state index contributed by atoms with van der Waals surface area (Å²) in [5, 5.41) is 0. The zero-order valence-corrected chi connectivity index (χ0v) is 14.0. The highest BCUT2D eigenvalue weighted by molar-refractivity contribution is 5.92. The molecule has 130 valence electrons. The van der Waals surface area contributed by atoms with Crippen molar-refractivity contribution in [2.24, 2.45) is 0 Å². The smallest absolute Gasteiger partial charge is 0.274 e. The van der Waals surface area contributed by atoms with Gasteiger partial charge in [0.2, 0.25) is 0 Å². The molecule has 0 spiro atoms. The highest BCUT2D eigenvalue weighted by Crippen LogP contribution is 2.25. The van der Waals surface area contributed by atoms with Gasteiger partial charge in [0.05, 0.1) is 18.9 Å². The van der Waals surface area contributed by atoms with Crippen LogP contribution >= 0.6 is 0 Å². The van der Waals surface area contributed by atoms with Crippen molar-refractivity contribution in [1.82, 2.24) is 24.8 Å². The zero-order valence-electron chi connectivity index (χ0n) is 14.0. The summed E-state index contributed by atoms with van der Waals surface area (Å²) in [6.07, 6.45) is 9.42. The van der Waals surface area contributed by atoms with Crippen LogP contribution in [0.2, 0.25) is 0 Å². The zero-order chi connectivity index (χ0) is 17.1. The van der Waals surface area contributed by atoms with Gasteiger partial charge in [-0.2, -0.15) is 0 Å². The Balaban J connectivity index is 1.32. The summed E-state index contributed by atoms with van der Waals surface area (Å²) in [5.41, 5.74) is 1.50. The summed E-state index contributed by atoms with van der Waals surface area (Å²) in [7, 11) is 0. The summed E-state index contributed by atoms with van der Waals surface area (Å²) in [6.45, 7) is 3.84. The van der Waals surface area contributed by atoms with E-state index in [-0.39, 0.29) is 12.0 Å². The Morgan fingerprint density at radius 3 is 2.88 bits per heavy atom. The lowest BCUT2D eigenvalue weighted by Crippen LogP contribution is -2.52. The number of pyridine rings is 1. The van der Waals surface area contributed by atoms with Gasteiger partial charge >= 0.3 is 0 Å². The van der Waals surface area contributed by atoms with Gasteiger partial charge < -0.3 is 9.64 Å². The van der Waals surface area contributed by atoms with Crippen LogP contribution < -0.4 is 0 Å². The van der Waals surface area contributed by atoms with Crippen LogP contribution in [-0.2, 0) is 11.3 Å². The first kappa shape index (κ1) is 16.1. The normalized spacial score (nSPS) is 23.4. The van der Waals surface area contributed by atoms with Crippen LogP contribution in [0.3, 0.4) is 0 Å². The number of carbonyl (C=O) groups is 1. The number of fused-ring (bicyclic) bond motifs is 1. The predicted molar refractivity (Wildman–Crippen MR) is 90.7 cm³/mol. The first-order chi connectivity index (χ1) is 12.3. The molecule has 25 heavy (non-hydrogen) atoms. The first-order valence-corrected chi connectivity index (χ1v) is 8.59. The van der Waals surface area contributed by atoms with Crippen molar-refractivity contribution < 1.29 is 9.53 Å². The Bertz CT molecular complexity index is 712. The van der Waals surface area contributed by atoms with E-state index in [0.29, 0.717) is 18.3 Å². The van der Waals surface area contributed by atoms with E-state index in [2.05, 4.69) is 19.9 Å². The van der Waals surface area contributed by atoms with Gasteiger partial charge in [-0.3, -0.25) is 19.7 Å². The van der Waals surface area contributed by atoms with Gasteiger partial charge in [0, 0.05) is 57.0 Å². The molecule has 7 heteroatoms. The van der Waals surface area contributed by atoms with Crippen molar-refractivity contribution in [2.75, 3.05) is 26.2 Å². The number of hydrogen-bond donors (Lipinski definition) is 0. The molecule has 2 atom stereocenters. The van der Waals surface area contributed by atoms with E-state index in [0.717, 1.165) is 38.2 Å². The number of hydrogen-bond acceptors (Lipinski definition) is 6. The van der Waals surface area contributed by atoms with Crippen LogP contribution in [0, 0.1) is 0 Å². The number of nitrogens with zero attached hydrogens (tertiary/aromatic N) is 5. The molecule has 0 radical (unpaired) electrons. The number of rotatable bonds is 4. The quantitative estimate of drug-likeness (QED) is 0.827. The van der Waals surface area contributed by atoms with E-state index in [9.17, 15) is 4.79 Å². The Labute approximate surface area is 146 Å². The molecule has 0 N–H and O–H groups in total. The van der Waals surface area contributed by atoms with E-state index in [1.54, 1.807) is 18.6 Å². The molecule has 2 aromatic rings. The highest BCUT2D eigenvalue weighted by atomic mass is 16.5. The monoisotopic (exact) mass is 339 g/mol. The van der Waals surface area contributed by atoms with Crippen LogP contribution in [0.5, 0.6) is 0 Å². The SMILES string of the molecule is O=C(c1cnccn1)N1CCN2C[C@H](OCc3cccnc3)C[C@H]2C1. The maximum atomic E-state index is 12.5. The average Bonchev–Trinajstić information content (AvgIpc) is 3.09. The van der Waals surface area contributed by atoms with Gasteiger partial charge in [-0.15, -0.1) is 0 Å².